The number of methoxy groups -OCH3 is 1. The van der Waals surface area contributed by atoms with Crippen LogP contribution in [0.1, 0.15) is 61.2 Å². The van der Waals surface area contributed by atoms with Crippen LogP contribution < -0.4 is 5.32 Å². The molecule has 0 unspecified atom stereocenters. The van der Waals surface area contributed by atoms with Gasteiger partial charge in [0, 0.05) is 11.5 Å². The second kappa shape index (κ2) is 5.42. The highest BCUT2D eigenvalue weighted by molar-refractivity contribution is 6.04. The Labute approximate surface area is 112 Å². The first-order chi connectivity index (χ1) is 8.68. The van der Waals surface area contributed by atoms with Crippen LogP contribution in [-0.2, 0) is 10.2 Å². The highest BCUT2D eigenvalue weighted by Gasteiger charge is 2.34. The third kappa shape index (κ3) is 3.33. The summed E-state index contributed by atoms with van der Waals surface area (Å²) < 4.78 is 9.75. The Hall–Kier alpha value is -1.85. The van der Waals surface area contributed by atoms with E-state index in [2.05, 4.69) is 10.5 Å². The van der Waals surface area contributed by atoms with Gasteiger partial charge in [-0.05, 0) is 13.8 Å². The number of amides is 1. The zero-order chi connectivity index (χ0) is 14.8. The third-order valence-electron chi connectivity index (χ3n) is 2.42. The maximum Gasteiger partial charge on any atom is 0.344 e. The van der Waals surface area contributed by atoms with Crippen molar-refractivity contribution >= 4 is 11.9 Å². The molecular formula is C13H20N2O4. The first kappa shape index (κ1) is 15.2. The summed E-state index contributed by atoms with van der Waals surface area (Å²) >= 11 is 0. The molecule has 19 heavy (non-hydrogen) atoms. The van der Waals surface area contributed by atoms with Gasteiger partial charge in [0.25, 0.3) is 5.91 Å². The minimum atomic E-state index is -0.625. The third-order valence-corrected chi connectivity index (χ3v) is 2.42. The molecule has 0 aliphatic heterocycles. The van der Waals surface area contributed by atoms with Crippen LogP contribution in [0.25, 0.3) is 0 Å². The molecule has 0 aliphatic carbocycles. The zero-order valence-corrected chi connectivity index (χ0v) is 12.2. The lowest BCUT2D eigenvalue weighted by Crippen LogP contribution is -2.31. The first-order valence-electron chi connectivity index (χ1n) is 6.07. The standard InChI is InChI=1S/C13H20N2O4/c1-7(2)14-11(16)9-8(12(17)18-6)10(15-19-9)13(3,4)5/h7H,1-6H3,(H,14,16). The molecule has 6 heteroatoms. The number of rotatable bonds is 3. The van der Waals surface area contributed by atoms with Crippen LogP contribution in [0, 0.1) is 0 Å². The summed E-state index contributed by atoms with van der Waals surface area (Å²) in [5.41, 5.74) is 0.0741. The van der Waals surface area contributed by atoms with Gasteiger partial charge in [0.15, 0.2) is 0 Å². The molecule has 0 bridgehead atoms. The summed E-state index contributed by atoms with van der Waals surface area (Å²) in [7, 11) is 1.26. The Morgan fingerprint density at radius 3 is 2.32 bits per heavy atom. The number of aromatic nitrogens is 1. The highest BCUT2D eigenvalue weighted by Crippen LogP contribution is 2.27. The van der Waals surface area contributed by atoms with Crippen molar-refractivity contribution in [1.29, 1.82) is 0 Å². The Morgan fingerprint density at radius 1 is 1.32 bits per heavy atom. The number of nitrogens with zero attached hydrogens (tertiary/aromatic N) is 1. The van der Waals surface area contributed by atoms with Crippen molar-refractivity contribution in [2.75, 3.05) is 7.11 Å². The van der Waals surface area contributed by atoms with E-state index in [9.17, 15) is 9.59 Å². The van der Waals surface area contributed by atoms with Crippen LogP contribution in [0.4, 0.5) is 0 Å². The lowest BCUT2D eigenvalue weighted by molar-refractivity contribution is 0.0591. The van der Waals surface area contributed by atoms with Gasteiger partial charge >= 0.3 is 5.97 Å². The van der Waals surface area contributed by atoms with Crippen LogP contribution in [0.5, 0.6) is 0 Å². The van der Waals surface area contributed by atoms with E-state index in [1.54, 1.807) is 0 Å². The average Bonchev–Trinajstić information content (AvgIpc) is 2.70. The molecule has 0 radical (unpaired) electrons. The molecule has 0 spiro atoms. The van der Waals surface area contributed by atoms with Gasteiger partial charge in [-0.3, -0.25) is 4.79 Å². The van der Waals surface area contributed by atoms with Gasteiger partial charge in [0.2, 0.25) is 5.76 Å². The van der Waals surface area contributed by atoms with Gasteiger partial charge in [0.05, 0.1) is 7.11 Å². The van der Waals surface area contributed by atoms with Gasteiger partial charge in [-0.25, -0.2) is 4.79 Å². The number of ether oxygens (including phenoxy) is 1. The Bertz CT molecular complexity index is 483. The quantitative estimate of drug-likeness (QED) is 0.847. The smallest absolute Gasteiger partial charge is 0.344 e. The molecule has 1 aromatic rings. The van der Waals surface area contributed by atoms with Crippen LogP contribution in [0.3, 0.4) is 0 Å². The van der Waals surface area contributed by atoms with Crippen LogP contribution >= 0.6 is 0 Å². The first-order valence-corrected chi connectivity index (χ1v) is 6.07. The zero-order valence-electron chi connectivity index (χ0n) is 12.2. The van der Waals surface area contributed by atoms with E-state index in [-0.39, 0.29) is 17.4 Å². The number of esters is 1. The van der Waals surface area contributed by atoms with Crippen molar-refractivity contribution in [3.63, 3.8) is 0 Å². The summed E-state index contributed by atoms with van der Waals surface area (Å²) in [5.74, 6) is -1.20. The molecule has 0 atom stereocenters. The number of carbonyl (C=O) groups excluding carboxylic acids is 2. The fraction of sp³-hybridized carbons (Fsp3) is 0.615. The Balaban J connectivity index is 3.30. The molecule has 0 aliphatic rings. The monoisotopic (exact) mass is 268 g/mol. The second-order valence-electron chi connectivity index (χ2n) is 5.61. The molecule has 106 valence electrons. The summed E-state index contributed by atoms with van der Waals surface area (Å²) in [6.07, 6.45) is 0. The molecule has 1 rings (SSSR count). The predicted molar refractivity (Wildman–Crippen MR) is 69.1 cm³/mol. The van der Waals surface area contributed by atoms with E-state index in [0.29, 0.717) is 5.69 Å². The van der Waals surface area contributed by atoms with E-state index in [1.165, 1.54) is 7.11 Å². The lowest BCUT2D eigenvalue weighted by Gasteiger charge is -2.15. The second-order valence-corrected chi connectivity index (χ2v) is 5.61. The van der Waals surface area contributed by atoms with Crippen LogP contribution in [0.2, 0.25) is 0 Å². The minimum absolute atomic E-state index is 0.0683. The Morgan fingerprint density at radius 2 is 1.89 bits per heavy atom. The van der Waals surface area contributed by atoms with E-state index in [4.69, 9.17) is 9.26 Å². The van der Waals surface area contributed by atoms with Gasteiger partial charge in [-0.1, -0.05) is 25.9 Å². The van der Waals surface area contributed by atoms with Gasteiger partial charge in [-0.2, -0.15) is 0 Å². The number of hydrogen-bond donors (Lipinski definition) is 1. The maximum atomic E-state index is 12.0. The molecule has 6 nitrogen and oxygen atoms in total. The molecule has 0 saturated carbocycles. The largest absolute Gasteiger partial charge is 0.465 e. The van der Waals surface area contributed by atoms with Crippen molar-refractivity contribution in [1.82, 2.24) is 10.5 Å². The van der Waals surface area contributed by atoms with Crippen LogP contribution in [0.15, 0.2) is 4.52 Å². The van der Waals surface area contributed by atoms with Gasteiger partial charge < -0.3 is 14.6 Å². The molecular weight excluding hydrogens is 248 g/mol. The van der Waals surface area contributed by atoms with Gasteiger partial charge in [0.1, 0.15) is 11.3 Å². The molecule has 0 fully saturated rings. The average molecular weight is 268 g/mol. The fourth-order valence-electron chi connectivity index (χ4n) is 1.58. The normalized spacial score (nSPS) is 11.5. The Kier molecular flexibility index (Phi) is 4.34. The fourth-order valence-corrected chi connectivity index (χ4v) is 1.58. The van der Waals surface area contributed by atoms with Crippen molar-refractivity contribution in [2.45, 2.75) is 46.1 Å². The predicted octanol–water partition coefficient (Wildman–Crippen LogP) is 1.90. The summed E-state index contributed by atoms with van der Waals surface area (Å²) in [4.78, 5) is 23.8. The van der Waals surface area contributed by atoms with Crippen molar-refractivity contribution in [3.8, 4) is 0 Å². The molecule has 1 aromatic heterocycles. The SMILES string of the molecule is COC(=O)c1c(C(C)(C)C)noc1C(=O)NC(C)C. The lowest BCUT2D eigenvalue weighted by atomic mass is 9.88. The van der Waals surface area contributed by atoms with E-state index < -0.39 is 17.3 Å². The highest BCUT2D eigenvalue weighted by atomic mass is 16.5. The van der Waals surface area contributed by atoms with E-state index in [1.807, 2.05) is 34.6 Å². The van der Waals surface area contributed by atoms with Gasteiger partial charge in [-0.15, -0.1) is 0 Å². The van der Waals surface area contributed by atoms with Crippen molar-refractivity contribution in [3.05, 3.63) is 17.0 Å². The topological polar surface area (TPSA) is 81.4 Å². The number of nitrogens with one attached hydrogen (secondary N) is 1. The van der Waals surface area contributed by atoms with Crippen LogP contribution in [-0.4, -0.2) is 30.2 Å². The molecule has 0 saturated heterocycles. The number of carbonyl (C=O) groups is 2. The van der Waals surface area contributed by atoms with Crippen molar-refractivity contribution < 1.29 is 18.8 Å². The maximum absolute atomic E-state index is 12.0. The summed E-state index contributed by atoms with van der Waals surface area (Å²) in [6, 6.07) is -0.0683. The van der Waals surface area contributed by atoms with Crippen molar-refractivity contribution in [2.24, 2.45) is 0 Å². The minimum Gasteiger partial charge on any atom is -0.465 e. The summed E-state index contributed by atoms with van der Waals surface area (Å²) in [5, 5.41) is 6.51. The molecule has 1 N–H and O–H groups in total. The molecule has 0 aromatic carbocycles. The van der Waals surface area contributed by atoms with E-state index >= 15 is 0 Å². The van der Waals surface area contributed by atoms with E-state index in [0.717, 1.165) is 0 Å². The summed E-state index contributed by atoms with van der Waals surface area (Å²) in [6.45, 7) is 9.26. The number of hydrogen-bond acceptors (Lipinski definition) is 5. The molecule has 1 amide bonds. The molecule has 1 heterocycles.